The highest BCUT2D eigenvalue weighted by atomic mass is 31.2. The summed E-state index contributed by atoms with van der Waals surface area (Å²) in [5.74, 6) is 0.162. The van der Waals surface area contributed by atoms with E-state index in [1.54, 1.807) is 4.90 Å². The summed E-state index contributed by atoms with van der Waals surface area (Å²) < 4.78 is 32.2. The lowest BCUT2D eigenvalue weighted by atomic mass is 10.1. The van der Waals surface area contributed by atoms with E-state index < -0.39 is 13.2 Å². The second-order valence-corrected chi connectivity index (χ2v) is 9.67. The van der Waals surface area contributed by atoms with Gasteiger partial charge in [-0.25, -0.2) is 4.79 Å². The largest absolute Gasteiger partial charge is 0.444 e. The molecular formula is C17H32NO7P. The Kier molecular flexibility index (Phi) is 9.24. The smallest absolute Gasteiger partial charge is 0.410 e. The molecule has 1 unspecified atom stereocenters. The summed E-state index contributed by atoms with van der Waals surface area (Å²) in [5.41, 5.74) is -0.486. The standard InChI is InChI=1S/C17H32NO7P/c1-17(2,3)25-16(20)18-9-6-14(12-18)7-10-24-11-8-15(19)13-26(21,22-4)23-5/h14H,6-13H2,1-5H3. The molecule has 1 atom stereocenters. The number of ether oxygens (including phenoxy) is 2. The molecule has 0 saturated carbocycles. The third-order valence-electron chi connectivity index (χ3n) is 4.06. The summed E-state index contributed by atoms with van der Waals surface area (Å²) in [4.78, 5) is 25.5. The van der Waals surface area contributed by atoms with Crippen LogP contribution in [0.3, 0.4) is 0 Å². The maximum atomic E-state index is 12.0. The molecule has 1 amide bonds. The quantitative estimate of drug-likeness (QED) is 0.416. The van der Waals surface area contributed by atoms with Crippen LogP contribution in [0.15, 0.2) is 0 Å². The van der Waals surface area contributed by atoms with Crippen LogP contribution in [0, 0.1) is 5.92 Å². The first-order chi connectivity index (χ1) is 12.1. The maximum Gasteiger partial charge on any atom is 0.410 e. The highest BCUT2D eigenvalue weighted by Crippen LogP contribution is 2.46. The number of carbonyl (C=O) groups excluding carboxylic acids is 2. The van der Waals surface area contributed by atoms with Gasteiger partial charge in [0.2, 0.25) is 0 Å². The van der Waals surface area contributed by atoms with Crippen molar-refractivity contribution in [3.8, 4) is 0 Å². The maximum absolute atomic E-state index is 12.0. The predicted molar refractivity (Wildman–Crippen MR) is 97.5 cm³/mol. The highest BCUT2D eigenvalue weighted by molar-refractivity contribution is 7.54. The van der Waals surface area contributed by atoms with E-state index >= 15 is 0 Å². The fraction of sp³-hybridized carbons (Fsp3) is 0.882. The summed E-state index contributed by atoms with van der Waals surface area (Å²) in [5, 5.41) is 0. The molecule has 8 nitrogen and oxygen atoms in total. The Balaban J connectivity index is 2.17. The first kappa shape index (κ1) is 23.1. The predicted octanol–water partition coefficient (Wildman–Crippen LogP) is 3.10. The average Bonchev–Trinajstić information content (AvgIpc) is 3.02. The van der Waals surface area contributed by atoms with Crippen LogP contribution in [0.1, 0.15) is 40.0 Å². The first-order valence-corrected chi connectivity index (χ1v) is 10.6. The number of Topliss-reactive ketones (excluding diaryl/α,β-unsaturated/α-hetero) is 1. The number of nitrogens with zero attached hydrogens (tertiary/aromatic N) is 1. The van der Waals surface area contributed by atoms with E-state index in [1.165, 1.54) is 14.2 Å². The zero-order chi connectivity index (χ0) is 19.8. The van der Waals surface area contributed by atoms with Crippen molar-refractivity contribution in [2.75, 3.05) is 46.7 Å². The van der Waals surface area contributed by atoms with Gasteiger partial charge in [0, 0.05) is 40.3 Å². The number of hydrogen-bond acceptors (Lipinski definition) is 7. The fourth-order valence-electron chi connectivity index (χ4n) is 2.60. The Labute approximate surface area is 156 Å². The van der Waals surface area contributed by atoms with Crippen LogP contribution < -0.4 is 0 Å². The van der Waals surface area contributed by atoms with Gasteiger partial charge in [-0.05, 0) is 39.5 Å². The van der Waals surface area contributed by atoms with Crippen LogP contribution in [0.4, 0.5) is 4.79 Å². The molecule has 152 valence electrons. The molecule has 0 aromatic rings. The summed E-state index contributed by atoms with van der Waals surface area (Å²) in [6.07, 6.45) is 1.41. The molecule has 0 aromatic heterocycles. The molecule has 0 radical (unpaired) electrons. The fourth-order valence-corrected chi connectivity index (χ4v) is 3.59. The number of carbonyl (C=O) groups is 2. The molecule has 9 heteroatoms. The van der Waals surface area contributed by atoms with Gasteiger partial charge in [-0.3, -0.25) is 9.36 Å². The normalized spacial score (nSPS) is 18.2. The van der Waals surface area contributed by atoms with Crippen molar-refractivity contribution in [2.45, 2.75) is 45.6 Å². The van der Waals surface area contributed by atoms with E-state index in [2.05, 4.69) is 0 Å². The van der Waals surface area contributed by atoms with E-state index in [0.717, 1.165) is 12.8 Å². The van der Waals surface area contributed by atoms with Gasteiger partial charge in [0.15, 0.2) is 0 Å². The Morgan fingerprint density at radius 1 is 1.15 bits per heavy atom. The topological polar surface area (TPSA) is 91.4 Å². The lowest BCUT2D eigenvalue weighted by Crippen LogP contribution is -2.35. The third kappa shape index (κ3) is 8.62. The van der Waals surface area contributed by atoms with Gasteiger partial charge in [-0.1, -0.05) is 0 Å². The lowest BCUT2D eigenvalue weighted by molar-refractivity contribution is -0.118. The molecule has 0 aromatic carbocycles. The number of rotatable bonds is 10. The van der Waals surface area contributed by atoms with E-state index in [9.17, 15) is 14.2 Å². The Morgan fingerprint density at radius 2 is 1.81 bits per heavy atom. The average molecular weight is 393 g/mol. The van der Waals surface area contributed by atoms with E-state index in [4.69, 9.17) is 18.5 Å². The van der Waals surface area contributed by atoms with E-state index in [0.29, 0.717) is 25.6 Å². The third-order valence-corrected chi connectivity index (χ3v) is 5.91. The van der Waals surface area contributed by atoms with Gasteiger partial charge in [0.1, 0.15) is 17.5 Å². The number of hydrogen-bond donors (Lipinski definition) is 0. The minimum atomic E-state index is -3.30. The zero-order valence-corrected chi connectivity index (χ0v) is 17.4. The molecule has 1 aliphatic rings. The van der Waals surface area contributed by atoms with Crippen LogP contribution in [0.2, 0.25) is 0 Å². The molecule has 1 aliphatic heterocycles. The van der Waals surface area contributed by atoms with Crippen LogP contribution in [-0.2, 0) is 27.9 Å². The van der Waals surface area contributed by atoms with Crippen LogP contribution in [0.25, 0.3) is 0 Å². The van der Waals surface area contributed by atoms with Crippen molar-refractivity contribution in [3.05, 3.63) is 0 Å². The van der Waals surface area contributed by atoms with Gasteiger partial charge < -0.3 is 23.4 Å². The van der Waals surface area contributed by atoms with Crippen molar-refractivity contribution in [1.29, 1.82) is 0 Å². The monoisotopic (exact) mass is 393 g/mol. The van der Waals surface area contributed by atoms with Gasteiger partial charge in [-0.2, -0.15) is 0 Å². The second kappa shape index (κ2) is 10.4. The van der Waals surface area contributed by atoms with Gasteiger partial charge >= 0.3 is 13.7 Å². The van der Waals surface area contributed by atoms with Crippen LogP contribution in [0.5, 0.6) is 0 Å². The Morgan fingerprint density at radius 3 is 2.38 bits per heavy atom. The highest BCUT2D eigenvalue weighted by Gasteiger charge is 2.29. The molecule has 0 aliphatic carbocycles. The molecule has 0 spiro atoms. The van der Waals surface area contributed by atoms with Crippen molar-refractivity contribution in [1.82, 2.24) is 4.90 Å². The van der Waals surface area contributed by atoms with Gasteiger partial charge in [-0.15, -0.1) is 0 Å². The van der Waals surface area contributed by atoms with E-state index in [1.807, 2.05) is 20.8 Å². The minimum absolute atomic E-state index is 0.172. The summed E-state index contributed by atoms with van der Waals surface area (Å²) in [7, 11) is -0.776. The molecule has 1 rings (SSSR count). The molecule has 26 heavy (non-hydrogen) atoms. The Hall–Kier alpha value is -0.950. The van der Waals surface area contributed by atoms with Gasteiger partial charge in [0.05, 0.1) is 6.61 Å². The van der Waals surface area contributed by atoms with E-state index in [-0.39, 0.29) is 31.1 Å². The molecule has 0 bridgehead atoms. The molecule has 0 N–H and O–H groups in total. The lowest BCUT2D eigenvalue weighted by Gasteiger charge is -2.24. The number of ketones is 1. The van der Waals surface area contributed by atoms with Gasteiger partial charge in [0.25, 0.3) is 0 Å². The van der Waals surface area contributed by atoms with Crippen LogP contribution >= 0.6 is 7.60 Å². The summed E-state index contributed by atoms with van der Waals surface area (Å²) >= 11 is 0. The molecule has 1 fully saturated rings. The number of likely N-dealkylation sites (tertiary alicyclic amines) is 1. The summed E-state index contributed by atoms with van der Waals surface area (Å²) in [6.45, 7) is 7.72. The van der Waals surface area contributed by atoms with Crippen molar-refractivity contribution < 1.29 is 32.7 Å². The molecule has 1 saturated heterocycles. The van der Waals surface area contributed by atoms with Crippen molar-refractivity contribution in [2.24, 2.45) is 5.92 Å². The number of amides is 1. The van der Waals surface area contributed by atoms with Crippen molar-refractivity contribution in [3.63, 3.8) is 0 Å². The summed E-state index contributed by atoms with van der Waals surface area (Å²) in [6, 6.07) is 0. The first-order valence-electron chi connectivity index (χ1n) is 8.86. The molecule has 1 heterocycles. The Bertz CT molecular complexity index is 510. The second-order valence-electron chi connectivity index (χ2n) is 7.40. The van der Waals surface area contributed by atoms with Crippen molar-refractivity contribution >= 4 is 19.5 Å². The minimum Gasteiger partial charge on any atom is -0.444 e. The zero-order valence-electron chi connectivity index (χ0n) is 16.5. The van der Waals surface area contributed by atoms with Crippen LogP contribution in [-0.4, -0.2) is 69.1 Å². The SMILES string of the molecule is COP(=O)(CC(=O)CCOCCC1CCN(C(=O)OC(C)(C)C)C1)OC. The molecular weight excluding hydrogens is 361 g/mol.